The number of rotatable bonds is 7. The quantitative estimate of drug-likeness (QED) is 0.699. The van der Waals surface area contributed by atoms with Crippen LogP contribution in [0, 0.1) is 6.92 Å². The highest BCUT2D eigenvalue weighted by molar-refractivity contribution is 5.36. The summed E-state index contributed by atoms with van der Waals surface area (Å²) >= 11 is 0. The molecule has 0 aromatic carbocycles. The molecule has 84 valence electrons. The summed E-state index contributed by atoms with van der Waals surface area (Å²) in [6.45, 7) is 3.92. The van der Waals surface area contributed by atoms with Crippen LogP contribution in [0.5, 0.6) is 0 Å². The Morgan fingerprint density at radius 1 is 1.33 bits per heavy atom. The lowest BCUT2D eigenvalue weighted by molar-refractivity contribution is 0.192. The number of nitrogens with one attached hydrogen (secondary N) is 1. The molecule has 1 N–H and O–H groups in total. The smallest absolute Gasteiger partial charge is 0.126 e. The molecule has 0 aliphatic rings. The zero-order chi connectivity index (χ0) is 10.9. The monoisotopic (exact) mass is 208 g/mol. The molecule has 0 bridgehead atoms. The Bertz CT molecular complexity index is 276. The van der Waals surface area contributed by atoms with Crippen LogP contribution in [0.1, 0.15) is 24.8 Å². The van der Waals surface area contributed by atoms with Gasteiger partial charge in [0.25, 0.3) is 0 Å². The number of anilines is 1. The first-order valence-electron chi connectivity index (χ1n) is 5.48. The van der Waals surface area contributed by atoms with Gasteiger partial charge in [-0.2, -0.15) is 0 Å². The molecule has 1 aromatic rings. The summed E-state index contributed by atoms with van der Waals surface area (Å²) in [4.78, 5) is 4.24. The zero-order valence-corrected chi connectivity index (χ0v) is 9.62. The molecular formula is C12H20N2O. The van der Waals surface area contributed by atoms with E-state index >= 15 is 0 Å². The highest BCUT2D eigenvalue weighted by atomic mass is 16.5. The van der Waals surface area contributed by atoms with Crippen LogP contribution >= 0.6 is 0 Å². The molecule has 0 atom stereocenters. The van der Waals surface area contributed by atoms with Gasteiger partial charge in [-0.25, -0.2) is 4.98 Å². The van der Waals surface area contributed by atoms with E-state index in [1.165, 1.54) is 18.4 Å². The van der Waals surface area contributed by atoms with Gasteiger partial charge in [0, 0.05) is 26.5 Å². The summed E-state index contributed by atoms with van der Waals surface area (Å²) in [5.74, 6) is 0.974. The normalized spacial score (nSPS) is 10.3. The van der Waals surface area contributed by atoms with Gasteiger partial charge in [-0.05, 0) is 43.9 Å². The molecule has 0 saturated heterocycles. The van der Waals surface area contributed by atoms with Crippen molar-refractivity contribution >= 4 is 5.82 Å². The van der Waals surface area contributed by atoms with Crippen LogP contribution in [-0.4, -0.2) is 25.2 Å². The Hall–Kier alpha value is -1.09. The van der Waals surface area contributed by atoms with Crippen LogP contribution in [0.4, 0.5) is 5.82 Å². The average molecular weight is 208 g/mol. The molecular weight excluding hydrogens is 188 g/mol. The van der Waals surface area contributed by atoms with E-state index in [0.717, 1.165) is 25.4 Å². The van der Waals surface area contributed by atoms with Crippen molar-refractivity contribution in [1.82, 2.24) is 4.98 Å². The van der Waals surface area contributed by atoms with Gasteiger partial charge in [-0.3, -0.25) is 0 Å². The molecule has 0 fully saturated rings. The first kappa shape index (κ1) is 12.0. The van der Waals surface area contributed by atoms with Crippen LogP contribution < -0.4 is 5.32 Å². The number of unbranched alkanes of at least 4 members (excludes halogenated alkanes) is 2. The Kier molecular flexibility index (Phi) is 5.78. The first-order valence-corrected chi connectivity index (χ1v) is 5.48. The van der Waals surface area contributed by atoms with E-state index in [-0.39, 0.29) is 0 Å². The van der Waals surface area contributed by atoms with Gasteiger partial charge in [0.15, 0.2) is 0 Å². The minimum Gasteiger partial charge on any atom is -0.385 e. The van der Waals surface area contributed by atoms with E-state index < -0.39 is 0 Å². The van der Waals surface area contributed by atoms with Gasteiger partial charge in [-0.15, -0.1) is 0 Å². The summed E-state index contributed by atoms with van der Waals surface area (Å²) < 4.78 is 4.99. The average Bonchev–Trinajstić information content (AvgIpc) is 2.23. The summed E-state index contributed by atoms with van der Waals surface area (Å²) in [5, 5.41) is 3.31. The number of pyridine rings is 1. The summed E-state index contributed by atoms with van der Waals surface area (Å²) in [6.07, 6.45) is 5.34. The third kappa shape index (κ3) is 5.37. The van der Waals surface area contributed by atoms with Crippen LogP contribution in [0.15, 0.2) is 18.3 Å². The lowest BCUT2D eigenvalue weighted by atomic mass is 10.2. The van der Waals surface area contributed by atoms with E-state index in [4.69, 9.17) is 4.74 Å². The van der Waals surface area contributed by atoms with Gasteiger partial charge in [-0.1, -0.05) is 0 Å². The Balaban J connectivity index is 2.10. The molecule has 0 radical (unpaired) electrons. The van der Waals surface area contributed by atoms with Crippen molar-refractivity contribution in [3.05, 3.63) is 23.9 Å². The Morgan fingerprint density at radius 2 is 2.20 bits per heavy atom. The number of hydrogen-bond acceptors (Lipinski definition) is 3. The fourth-order valence-electron chi connectivity index (χ4n) is 1.40. The maximum atomic E-state index is 4.99. The van der Waals surface area contributed by atoms with Gasteiger partial charge in [0.1, 0.15) is 5.82 Å². The number of nitrogens with zero attached hydrogens (tertiary/aromatic N) is 1. The van der Waals surface area contributed by atoms with E-state index in [0.29, 0.717) is 0 Å². The summed E-state index contributed by atoms with van der Waals surface area (Å²) in [5.41, 5.74) is 1.24. The molecule has 3 heteroatoms. The number of methoxy groups -OCH3 is 1. The van der Waals surface area contributed by atoms with Gasteiger partial charge in [0.2, 0.25) is 0 Å². The topological polar surface area (TPSA) is 34.1 Å². The van der Waals surface area contributed by atoms with Crippen molar-refractivity contribution in [2.45, 2.75) is 26.2 Å². The van der Waals surface area contributed by atoms with Gasteiger partial charge >= 0.3 is 0 Å². The maximum absolute atomic E-state index is 4.99. The lowest BCUT2D eigenvalue weighted by Gasteiger charge is -2.05. The highest BCUT2D eigenvalue weighted by Crippen LogP contribution is 2.05. The van der Waals surface area contributed by atoms with E-state index in [1.807, 2.05) is 12.3 Å². The van der Waals surface area contributed by atoms with Crippen molar-refractivity contribution in [2.24, 2.45) is 0 Å². The lowest BCUT2D eigenvalue weighted by Crippen LogP contribution is -2.03. The standard InChI is InChI=1S/C12H20N2O/c1-11-6-8-14-12(10-11)13-7-4-3-5-9-15-2/h6,8,10H,3-5,7,9H2,1-2H3,(H,13,14). The highest BCUT2D eigenvalue weighted by Gasteiger charge is 1.93. The number of aryl methyl sites for hydroxylation is 1. The fraction of sp³-hybridized carbons (Fsp3) is 0.583. The van der Waals surface area contributed by atoms with E-state index in [2.05, 4.69) is 23.3 Å². The minimum atomic E-state index is 0.864. The third-order valence-corrected chi connectivity index (χ3v) is 2.25. The molecule has 1 rings (SSSR count). The largest absolute Gasteiger partial charge is 0.385 e. The van der Waals surface area contributed by atoms with Gasteiger partial charge < -0.3 is 10.1 Å². The molecule has 0 spiro atoms. The van der Waals surface area contributed by atoms with Crippen molar-refractivity contribution in [3.8, 4) is 0 Å². The van der Waals surface area contributed by atoms with Crippen molar-refractivity contribution in [3.63, 3.8) is 0 Å². The number of hydrogen-bond donors (Lipinski definition) is 1. The van der Waals surface area contributed by atoms with Crippen LogP contribution in [0.3, 0.4) is 0 Å². The second kappa shape index (κ2) is 7.23. The van der Waals surface area contributed by atoms with E-state index in [1.54, 1.807) is 7.11 Å². The van der Waals surface area contributed by atoms with Crippen molar-refractivity contribution in [2.75, 3.05) is 25.6 Å². The molecule has 0 amide bonds. The molecule has 1 aromatic heterocycles. The summed E-state index contributed by atoms with van der Waals surface area (Å²) in [7, 11) is 1.74. The first-order chi connectivity index (χ1) is 7.33. The van der Waals surface area contributed by atoms with Crippen LogP contribution in [0.25, 0.3) is 0 Å². The predicted octanol–water partition coefficient (Wildman–Crippen LogP) is 2.62. The number of aromatic nitrogens is 1. The zero-order valence-electron chi connectivity index (χ0n) is 9.62. The minimum absolute atomic E-state index is 0.864. The molecule has 0 aliphatic heterocycles. The number of ether oxygens (including phenoxy) is 1. The SMILES string of the molecule is COCCCCCNc1cc(C)ccn1. The van der Waals surface area contributed by atoms with Crippen LogP contribution in [0.2, 0.25) is 0 Å². The second-order valence-electron chi connectivity index (χ2n) is 3.70. The second-order valence-corrected chi connectivity index (χ2v) is 3.70. The van der Waals surface area contributed by atoms with Crippen molar-refractivity contribution in [1.29, 1.82) is 0 Å². The van der Waals surface area contributed by atoms with Crippen molar-refractivity contribution < 1.29 is 4.74 Å². The maximum Gasteiger partial charge on any atom is 0.126 e. The molecule has 3 nitrogen and oxygen atoms in total. The molecule has 0 unspecified atom stereocenters. The fourth-order valence-corrected chi connectivity index (χ4v) is 1.40. The molecule has 1 heterocycles. The summed E-state index contributed by atoms with van der Waals surface area (Å²) in [6, 6.07) is 4.07. The van der Waals surface area contributed by atoms with E-state index in [9.17, 15) is 0 Å². The molecule has 15 heavy (non-hydrogen) atoms. The Morgan fingerprint density at radius 3 is 2.93 bits per heavy atom. The Labute approximate surface area is 91.9 Å². The van der Waals surface area contributed by atoms with Gasteiger partial charge in [0.05, 0.1) is 0 Å². The molecule has 0 saturated carbocycles. The third-order valence-electron chi connectivity index (χ3n) is 2.25. The van der Waals surface area contributed by atoms with Crippen LogP contribution in [-0.2, 0) is 4.74 Å². The molecule has 0 aliphatic carbocycles. The predicted molar refractivity (Wildman–Crippen MR) is 63.2 cm³/mol.